The monoisotopic (exact) mass is 557 g/mol. The number of nitrogens with zero attached hydrogens (tertiary/aromatic N) is 7. The molecular formula is C30H39N9O2. The lowest BCUT2D eigenvalue weighted by atomic mass is 9.78. The van der Waals surface area contributed by atoms with Crippen molar-refractivity contribution in [1.82, 2.24) is 24.8 Å². The number of anilines is 6. The van der Waals surface area contributed by atoms with Crippen LogP contribution in [0.25, 0.3) is 0 Å². The van der Waals surface area contributed by atoms with Gasteiger partial charge in [0, 0.05) is 57.7 Å². The molecule has 1 amide bonds. The lowest BCUT2D eigenvalue weighted by Crippen LogP contribution is -2.59. The van der Waals surface area contributed by atoms with Crippen molar-refractivity contribution in [3.63, 3.8) is 0 Å². The number of carbonyl (C=O) groups excluding carboxylic acids is 1. The van der Waals surface area contributed by atoms with Crippen LogP contribution in [0.1, 0.15) is 11.4 Å². The summed E-state index contributed by atoms with van der Waals surface area (Å²) < 4.78 is 5.76. The smallest absolute Gasteiger partial charge is 0.247 e. The van der Waals surface area contributed by atoms with E-state index in [0.29, 0.717) is 23.1 Å². The molecule has 2 aromatic heterocycles. The Kier molecular flexibility index (Phi) is 7.83. The molecule has 1 saturated heterocycles. The highest BCUT2D eigenvalue weighted by molar-refractivity contribution is 6.02. The molecule has 41 heavy (non-hydrogen) atoms. The van der Waals surface area contributed by atoms with Gasteiger partial charge in [-0.3, -0.25) is 9.78 Å². The molecule has 0 atom stereocenters. The molecule has 0 aliphatic carbocycles. The summed E-state index contributed by atoms with van der Waals surface area (Å²) in [6.07, 6.45) is 3.00. The summed E-state index contributed by atoms with van der Waals surface area (Å²) in [7, 11) is 9.80. The molecule has 4 heterocycles. The minimum absolute atomic E-state index is 0.00453. The highest BCUT2D eigenvalue weighted by Crippen LogP contribution is 2.47. The zero-order valence-electron chi connectivity index (χ0n) is 24.7. The number of hydrogen-bond donors (Lipinski definition) is 2. The van der Waals surface area contributed by atoms with Gasteiger partial charge in [-0.25, -0.2) is 4.98 Å². The Morgan fingerprint density at radius 2 is 1.90 bits per heavy atom. The standard InChI is InChI=1S/C30H39N9O2/c1-8-27(40)33-21-15-22(25(41-7)16-24(21)38(6)14-13-36(3)4)34-29-31-12-11-26(35-29)39-19-30(17-37(5)18-30)28-23(39)10-9-20(2)32-28/h8-12,15-16H,1,13-14,17-19H2,2-7H3,(H,33,40)(H,31,34,35). The Bertz CT molecular complexity index is 1450. The highest BCUT2D eigenvalue weighted by Gasteiger charge is 2.51. The van der Waals surface area contributed by atoms with Crippen LogP contribution in [0.4, 0.5) is 34.5 Å². The Hall–Kier alpha value is -4.22. The van der Waals surface area contributed by atoms with Crippen LogP contribution in [-0.2, 0) is 10.2 Å². The maximum atomic E-state index is 12.3. The van der Waals surface area contributed by atoms with Crippen molar-refractivity contribution < 1.29 is 9.53 Å². The molecule has 0 bridgehead atoms. The van der Waals surface area contributed by atoms with Gasteiger partial charge in [0.15, 0.2) is 0 Å². The van der Waals surface area contributed by atoms with E-state index in [1.807, 2.05) is 46.3 Å². The summed E-state index contributed by atoms with van der Waals surface area (Å²) in [4.78, 5) is 35.4. The molecule has 0 radical (unpaired) electrons. The van der Waals surface area contributed by atoms with E-state index >= 15 is 0 Å². The van der Waals surface area contributed by atoms with Gasteiger partial charge in [0.1, 0.15) is 11.6 Å². The minimum atomic E-state index is -0.297. The van der Waals surface area contributed by atoms with Gasteiger partial charge in [0.05, 0.1) is 41.0 Å². The largest absolute Gasteiger partial charge is 0.494 e. The van der Waals surface area contributed by atoms with Gasteiger partial charge in [0.2, 0.25) is 11.9 Å². The average molecular weight is 558 g/mol. The van der Waals surface area contributed by atoms with E-state index in [4.69, 9.17) is 14.7 Å². The van der Waals surface area contributed by atoms with Crippen LogP contribution in [0.5, 0.6) is 5.75 Å². The van der Waals surface area contributed by atoms with Crippen molar-refractivity contribution in [2.45, 2.75) is 12.3 Å². The molecule has 5 rings (SSSR count). The number of amides is 1. The number of rotatable bonds is 10. The van der Waals surface area contributed by atoms with Gasteiger partial charge in [-0.1, -0.05) is 6.58 Å². The quantitative estimate of drug-likeness (QED) is 0.361. The van der Waals surface area contributed by atoms with Gasteiger partial charge >= 0.3 is 0 Å². The Morgan fingerprint density at radius 3 is 2.59 bits per heavy atom. The third-order valence-corrected chi connectivity index (χ3v) is 7.63. The Balaban J connectivity index is 1.46. The van der Waals surface area contributed by atoms with Crippen molar-refractivity contribution in [3.05, 3.63) is 60.6 Å². The number of likely N-dealkylation sites (tertiary alicyclic amines) is 1. The molecule has 1 aromatic carbocycles. The summed E-state index contributed by atoms with van der Waals surface area (Å²) >= 11 is 0. The Labute approximate surface area is 241 Å². The van der Waals surface area contributed by atoms with E-state index in [2.05, 4.69) is 61.0 Å². The number of aryl methyl sites for hydroxylation is 1. The fourth-order valence-corrected chi connectivity index (χ4v) is 5.65. The van der Waals surface area contributed by atoms with Crippen LogP contribution in [0.3, 0.4) is 0 Å². The number of likely N-dealkylation sites (N-methyl/N-ethyl adjacent to an activating group) is 3. The summed E-state index contributed by atoms with van der Waals surface area (Å²) in [5.41, 5.74) is 5.34. The summed E-state index contributed by atoms with van der Waals surface area (Å²) in [5, 5.41) is 6.26. The van der Waals surface area contributed by atoms with E-state index in [1.165, 1.54) is 6.08 Å². The number of carbonyl (C=O) groups is 1. The predicted molar refractivity (Wildman–Crippen MR) is 164 cm³/mol. The number of nitrogens with one attached hydrogen (secondary N) is 2. The third kappa shape index (κ3) is 5.68. The highest BCUT2D eigenvalue weighted by atomic mass is 16.5. The van der Waals surface area contributed by atoms with Crippen LogP contribution >= 0.6 is 0 Å². The third-order valence-electron chi connectivity index (χ3n) is 7.63. The first-order valence-corrected chi connectivity index (χ1v) is 13.7. The van der Waals surface area contributed by atoms with Gasteiger partial charge < -0.3 is 35.0 Å². The van der Waals surface area contributed by atoms with E-state index in [1.54, 1.807) is 13.3 Å². The lowest BCUT2D eigenvalue weighted by molar-refractivity contribution is -0.111. The van der Waals surface area contributed by atoms with Crippen molar-refractivity contribution in [1.29, 1.82) is 0 Å². The summed E-state index contributed by atoms with van der Waals surface area (Å²) in [6.45, 7) is 10.00. The fourth-order valence-electron chi connectivity index (χ4n) is 5.65. The number of aromatic nitrogens is 3. The van der Waals surface area contributed by atoms with Gasteiger partial charge in [-0.2, -0.15) is 4.98 Å². The summed E-state index contributed by atoms with van der Waals surface area (Å²) in [6, 6.07) is 9.86. The van der Waals surface area contributed by atoms with E-state index in [-0.39, 0.29) is 11.3 Å². The van der Waals surface area contributed by atoms with Gasteiger partial charge in [-0.05, 0) is 58.4 Å². The normalized spacial score (nSPS) is 15.4. The van der Waals surface area contributed by atoms with Crippen LogP contribution in [0.2, 0.25) is 0 Å². The molecule has 0 unspecified atom stereocenters. The van der Waals surface area contributed by atoms with Crippen LogP contribution < -0.4 is 25.2 Å². The van der Waals surface area contributed by atoms with Crippen LogP contribution in [-0.4, -0.2) is 98.7 Å². The molecule has 0 saturated carbocycles. The second-order valence-corrected chi connectivity index (χ2v) is 11.2. The number of hydrogen-bond acceptors (Lipinski definition) is 10. The van der Waals surface area contributed by atoms with E-state index in [0.717, 1.165) is 61.3 Å². The van der Waals surface area contributed by atoms with Gasteiger partial charge in [0.25, 0.3) is 0 Å². The predicted octanol–water partition coefficient (Wildman–Crippen LogP) is 3.39. The SMILES string of the molecule is C=CC(=O)Nc1cc(Nc2nccc(N3CC4(CN(C)C4)c4nc(C)ccc43)n2)c(OC)cc1N(C)CCN(C)C. The number of methoxy groups -OCH3 is 1. The van der Waals surface area contributed by atoms with E-state index < -0.39 is 0 Å². The average Bonchev–Trinajstić information content (AvgIpc) is 3.26. The molecule has 216 valence electrons. The first-order chi connectivity index (χ1) is 19.6. The zero-order chi connectivity index (χ0) is 29.3. The maximum Gasteiger partial charge on any atom is 0.247 e. The van der Waals surface area contributed by atoms with Crippen LogP contribution in [0, 0.1) is 6.92 Å². The summed E-state index contributed by atoms with van der Waals surface area (Å²) in [5.74, 6) is 1.52. The molecule has 1 spiro atoms. The van der Waals surface area contributed by atoms with Crippen molar-refractivity contribution in [2.75, 3.05) is 88.5 Å². The lowest BCUT2D eigenvalue weighted by Gasteiger charge is -2.45. The van der Waals surface area contributed by atoms with E-state index in [9.17, 15) is 4.79 Å². The van der Waals surface area contributed by atoms with Gasteiger partial charge in [-0.15, -0.1) is 0 Å². The number of benzene rings is 1. The number of ether oxygens (including phenoxy) is 1. The molecule has 2 aliphatic rings. The second-order valence-electron chi connectivity index (χ2n) is 11.2. The fraction of sp³-hybridized carbons (Fsp3) is 0.400. The topological polar surface area (TPSA) is 102 Å². The first-order valence-electron chi connectivity index (χ1n) is 13.7. The molecule has 11 nitrogen and oxygen atoms in total. The molecule has 2 N–H and O–H groups in total. The number of pyridine rings is 1. The Morgan fingerprint density at radius 1 is 1.12 bits per heavy atom. The molecular weight excluding hydrogens is 518 g/mol. The molecule has 2 aliphatic heterocycles. The molecule has 11 heteroatoms. The van der Waals surface area contributed by atoms with Crippen LogP contribution in [0.15, 0.2) is 49.2 Å². The van der Waals surface area contributed by atoms with Crippen molar-refractivity contribution in [2.24, 2.45) is 0 Å². The first kappa shape index (κ1) is 28.3. The second kappa shape index (κ2) is 11.3. The number of fused-ring (bicyclic) bond motifs is 2. The minimum Gasteiger partial charge on any atom is -0.494 e. The zero-order valence-corrected chi connectivity index (χ0v) is 24.7. The molecule has 3 aromatic rings. The molecule has 1 fully saturated rings. The van der Waals surface area contributed by atoms with Crippen molar-refractivity contribution >= 4 is 40.4 Å². The maximum absolute atomic E-state index is 12.3. The van der Waals surface area contributed by atoms with Crippen molar-refractivity contribution in [3.8, 4) is 5.75 Å².